The Morgan fingerprint density at radius 1 is 0.810 bits per heavy atom. The largest absolute Gasteiger partial charge is 0.293 e. The summed E-state index contributed by atoms with van der Waals surface area (Å²) in [6.45, 7) is 10.9. The molecule has 0 spiro atoms. The van der Waals surface area contributed by atoms with E-state index in [0.29, 0.717) is 12.0 Å². The van der Waals surface area contributed by atoms with Gasteiger partial charge in [0.1, 0.15) is 0 Å². The molecule has 0 aromatic carbocycles. The second kappa shape index (κ2) is 13.1. The van der Waals surface area contributed by atoms with E-state index in [1.165, 1.54) is 122 Å². The van der Waals surface area contributed by atoms with Crippen LogP contribution < -0.4 is 0 Å². The van der Waals surface area contributed by atoms with E-state index >= 15 is 0 Å². The molecule has 1 heterocycles. The van der Waals surface area contributed by atoms with Crippen molar-refractivity contribution in [3.8, 4) is 0 Å². The van der Waals surface area contributed by atoms with Gasteiger partial charge in [-0.2, -0.15) is 0 Å². The molecular formula is C41H63N. The van der Waals surface area contributed by atoms with Gasteiger partial charge in [0.2, 0.25) is 0 Å². The van der Waals surface area contributed by atoms with Crippen LogP contribution in [-0.4, -0.2) is 23.5 Å². The lowest BCUT2D eigenvalue weighted by Gasteiger charge is -2.57. The molecule has 0 amide bonds. The van der Waals surface area contributed by atoms with Crippen molar-refractivity contribution in [3.05, 3.63) is 48.1 Å². The summed E-state index contributed by atoms with van der Waals surface area (Å²) in [6, 6.07) is 1.39. The molecule has 0 bridgehead atoms. The summed E-state index contributed by atoms with van der Waals surface area (Å²) in [4.78, 5) is 3.23. The minimum Gasteiger partial charge on any atom is -0.293 e. The Kier molecular flexibility index (Phi) is 9.24. The fourth-order valence-electron chi connectivity index (χ4n) is 12.4. The summed E-state index contributed by atoms with van der Waals surface area (Å²) in [6.07, 6.45) is 38.8. The monoisotopic (exact) mass is 569 g/mol. The van der Waals surface area contributed by atoms with E-state index in [0.717, 1.165) is 59.3 Å². The molecule has 7 aliphatic rings. The van der Waals surface area contributed by atoms with Crippen LogP contribution in [0.1, 0.15) is 129 Å². The van der Waals surface area contributed by atoms with Gasteiger partial charge in [-0.25, -0.2) is 0 Å². The van der Waals surface area contributed by atoms with Crippen molar-refractivity contribution < 1.29 is 0 Å². The third-order valence-electron chi connectivity index (χ3n) is 14.6. The molecule has 1 aliphatic heterocycles. The topological polar surface area (TPSA) is 3.24 Å². The van der Waals surface area contributed by atoms with Crippen molar-refractivity contribution in [2.24, 2.45) is 59.2 Å². The standard InChI is InChI=1S/C41H63N/c1-4-29(5-2)33-22-24-36-28(3)35-17-10-11-19-38(35)40(39-20-12-16-31-14-8-9-18-37(31)39)27-42(41(36)26-33)34-23-21-30-13-6-7-15-32(30)25-34/h4,7,15,21,23,28-36,38,40-41H,1,5-6,8-14,16-20,22,24-27H2,2-3H3. The van der Waals surface area contributed by atoms with Gasteiger partial charge in [0.05, 0.1) is 0 Å². The maximum Gasteiger partial charge on any atom is 0.0287 e. The summed E-state index contributed by atoms with van der Waals surface area (Å²) in [5.74, 6) is 8.51. The van der Waals surface area contributed by atoms with Crippen molar-refractivity contribution in [2.45, 2.75) is 142 Å². The lowest BCUT2D eigenvalue weighted by molar-refractivity contribution is -0.0504. The van der Waals surface area contributed by atoms with Gasteiger partial charge in [-0.1, -0.05) is 74.6 Å². The zero-order valence-electron chi connectivity index (χ0n) is 27.4. The number of nitrogens with zero attached hydrogens (tertiary/aromatic N) is 1. The first kappa shape index (κ1) is 29.6. The van der Waals surface area contributed by atoms with Crippen LogP contribution in [0.25, 0.3) is 0 Å². The zero-order chi connectivity index (χ0) is 28.6. The molecule has 0 aromatic heterocycles. The Labute approximate surface area is 259 Å². The van der Waals surface area contributed by atoms with E-state index in [-0.39, 0.29) is 0 Å². The minimum absolute atomic E-state index is 0.634. The Balaban J connectivity index is 1.30. The first-order valence-electron chi connectivity index (χ1n) is 19.1. The minimum atomic E-state index is 0.634. The molecule has 12 unspecified atom stereocenters. The molecule has 0 aromatic rings. The fraction of sp³-hybridized carbons (Fsp3) is 0.805. The predicted molar refractivity (Wildman–Crippen MR) is 179 cm³/mol. The Bertz CT molecular complexity index is 1030. The van der Waals surface area contributed by atoms with Gasteiger partial charge in [0, 0.05) is 18.6 Å². The first-order chi connectivity index (χ1) is 20.7. The molecule has 0 N–H and O–H groups in total. The van der Waals surface area contributed by atoms with Crippen molar-refractivity contribution in [3.63, 3.8) is 0 Å². The van der Waals surface area contributed by atoms with Crippen molar-refractivity contribution >= 4 is 0 Å². The lowest BCUT2D eigenvalue weighted by Crippen LogP contribution is -2.58. The average Bonchev–Trinajstić information content (AvgIpc) is 3.05. The summed E-state index contributed by atoms with van der Waals surface area (Å²) >= 11 is 0. The Morgan fingerprint density at radius 3 is 2.48 bits per heavy atom. The van der Waals surface area contributed by atoms with Gasteiger partial charge in [-0.15, -0.1) is 6.58 Å². The molecule has 12 atom stereocenters. The molecule has 1 nitrogen and oxygen atoms in total. The normalized spacial score (nSPS) is 45.0. The van der Waals surface area contributed by atoms with Crippen LogP contribution in [0.15, 0.2) is 48.1 Å². The summed E-state index contributed by atoms with van der Waals surface area (Å²) in [5, 5.41) is 0. The summed E-state index contributed by atoms with van der Waals surface area (Å²) in [5.41, 5.74) is 4.03. The quantitative estimate of drug-likeness (QED) is 0.298. The average molecular weight is 570 g/mol. The van der Waals surface area contributed by atoms with E-state index in [4.69, 9.17) is 0 Å². The van der Waals surface area contributed by atoms with E-state index < -0.39 is 0 Å². The lowest BCUT2D eigenvalue weighted by atomic mass is 9.56. The highest BCUT2D eigenvalue weighted by molar-refractivity contribution is 5.26. The molecule has 4 fully saturated rings. The third-order valence-corrected chi connectivity index (χ3v) is 14.6. The smallest absolute Gasteiger partial charge is 0.0287 e. The molecule has 1 saturated heterocycles. The van der Waals surface area contributed by atoms with Crippen LogP contribution in [0.5, 0.6) is 0 Å². The van der Waals surface area contributed by atoms with Gasteiger partial charge in [-0.3, -0.25) is 4.90 Å². The Morgan fingerprint density at radius 2 is 1.62 bits per heavy atom. The molecular weight excluding hydrogens is 506 g/mol. The van der Waals surface area contributed by atoms with Gasteiger partial charge >= 0.3 is 0 Å². The first-order valence-corrected chi connectivity index (χ1v) is 19.1. The highest BCUT2D eigenvalue weighted by Gasteiger charge is 2.50. The molecule has 6 aliphatic carbocycles. The number of rotatable bonds is 5. The van der Waals surface area contributed by atoms with Gasteiger partial charge < -0.3 is 0 Å². The van der Waals surface area contributed by atoms with E-state index in [2.05, 4.69) is 55.7 Å². The SMILES string of the molecule is C=CC(CC)C1CCC2C(C)C3CCCCC3C(C3=C4CCCCC4CCC3)CN(C3C=CC4CCC=CC4C3)C2C1. The highest BCUT2D eigenvalue weighted by Crippen LogP contribution is 2.54. The predicted octanol–water partition coefficient (Wildman–Crippen LogP) is 10.9. The summed E-state index contributed by atoms with van der Waals surface area (Å²) < 4.78 is 0. The third kappa shape index (κ3) is 5.61. The molecule has 7 rings (SSSR count). The number of hydrogen-bond acceptors (Lipinski definition) is 1. The summed E-state index contributed by atoms with van der Waals surface area (Å²) in [7, 11) is 0. The van der Waals surface area contributed by atoms with Crippen LogP contribution in [-0.2, 0) is 0 Å². The number of fused-ring (bicyclic) bond motifs is 4. The van der Waals surface area contributed by atoms with Gasteiger partial charge in [0.15, 0.2) is 0 Å². The maximum absolute atomic E-state index is 4.34. The van der Waals surface area contributed by atoms with Crippen LogP contribution in [0, 0.1) is 59.2 Å². The van der Waals surface area contributed by atoms with Gasteiger partial charge in [-0.05, 0) is 155 Å². The van der Waals surface area contributed by atoms with Crippen LogP contribution in [0.2, 0.25) is 0 Å². The van der Waals surface area contributed by atoms with E-state index in [1.807, 2.05) is 11.1 Å². The zero-order valence-corrected chi connectivity index (χ0v) is 27.4. The maximum atomic E-state index is 4.34. The molecule has 1 heteroatoms. The molecule has 42 heavy (non-hydrogen) atoms. The highest BCUT2D eigenvalue weighted by atomic mass is 15.2. The number of hydrogen-bond donors (Lipinski definition) is 0. The number of likely N-dealkylation sites (tertiary alicyclic amines) is 1. The van der Waals surface area contributed by atoms with E-state index in [9.17, 15) is 0 Å². The molecule has 3 saturated carbocycles. The van der Waals surface area contributed by atoms with Crippen molar-refractivity contribution in [1.29, 1.82) is 0 Å². The van der Waals surface area contributed by atoms with Crippen LogP contribution in [0.3, 0.4) is 0 Å². The molecule has 232 valence electrons. The van der Waals surface area contributed by atoms with Crippen molar-refractivity contribution in [1.82, 2.24) is 4.90 Å². The van der Waals surface area contributed by atoms with Gasteiger partial charge in [0.25, 0.3) is 0 Å². The van der Waals surface area contributed by atoms with Crippen molar-refractivity contribution in [2.75, 3.05) is 6.54 Å². The second-order valence-corrected chi connectivity index (χ2v) is 16.3. The number of allylic oxidation sites excluding steroid dienone is 5. The second-order valence-electron chi connectivity index (χ2n) is 16.3. The van der Waals surface area contributed by atoms with Crippen LogP contribution >= 0.6 is 0 Å². The van der Waals surface area contributed by atoms with Crippen LogP contribution in [0.4, 0.5) is 0 Å². The fourth-order valence-corrected chi connectivity index (χ4v) is 12.4. The Hall–Kier alpha value is -1.08. The van der Waals surface area contributed by atoms with E-state index in [1.54, 1.807) is 0 Å². The molecule has 0 radical (unpaired) electrons.